The quantitative estimate of drug-likeness (QED) is 0.555. The van der Waals surface area contributed by atoms with E-state index in [1.54, 1.807) is 0 Å². The topological polar surface area (TPSA) is 9.23 Å². The Morgan fingerprint density at radius 3 is 2.50 bits per heavy atom. The Bertz CT molecular complexity index is 561. The van der Waals surface area contributed by atoms with Gasteiger partial charge in [0.15, 0.2) is 11.6 Å². The van der Waals surface area contributed by atoms with E-state index in [-0.39, 0.29) is 17.8 Å². The van der Waals surface area contributed by atoms with Gasteiger partial charge in [0.1, 0.15) is 0 Å². The molecule has 134 valence electrons. The Morgan fingerprint density at radius 1 is 1.04 bits per heavy atom. The fourth-order valence-corrected chi connectivity index (χ4v) is 4.36. The van der Waals surface area contributed by atoms with Crippen LogP contribution in [0.4, 0.5) is 8.78 Å². The van der Waals surface area contributed by atoms with Crippen molar-refractivity contribution in [1.82, 2.24) is 0 Å². The Kier molecular flexibility index (Phi) is 5.78. The summed E-state index contributed by atoms with van der Waals surface area (Å²) >= 11 is 0. The zero-order chi connectivity index (χ0) is 17.1. The average molecular weight is 336 g/mol. The Balaban J connectivity index is 1.69. The highest BCUT2D eigenvalue weighted by atomic mass is 19.2. The maximum absolute atomic E-state index is 14.6. The van der Waals surface area contributed by atoms with Gasteiger partial charge in [0.05, 0.1) is 6.10 Å². The van der Waals surface area contributed by atoms with Gasteiger partial charge in [-0.25, -0.2) is 4.39 Å². The Labute approximate surface area is 144 Å². The molecular formula is C21H30F2O. The van der Waals surface area contributed by atoms with Crippen molar-refractivity contribution >= 4 is 0 Å². The van der Waals surface area contributed by atoms with E-state index in [1.807, 2.05) is 13.0 Å². The summed E-state index contributed by atoms with van der Waals surface area (Å²) in [5.41, 5.74) is 1.45. The van der Waals surface area contributed by atoms with E-state index >= 15 is 0 Å². The third-order valence-electron chi connectivity index (χ3n) is 5.91. The molecule has 1 nitrogen and oxygen atoms in total. The van der Waals surface area contributed by atoms with Crippen LogP contribution in [0.2, 0.25) is 0 Å². The summed E-state index contributed by atoms with van der Waals surface area (Å²) in [4.78, 5) is 0. The maximum Gasteiger partial charge on any atom is 0.201 e. The predicted octanol–water partition coefficient (Wildman–Crippen LogP) is 6.53. The van der Waals surface area contributed by atoms with Gasteiger partial charge in [-0.1, -0.05) is 32.6 Å². The molecule has 1 aromatic carbocycles. The second kappa shape index (κ2) is 7.84. The van der Waals surface area contributed by atoms with Crippen molar-refractivity contribution in [2.24, 2.45) is 5.92 Å². The van der Waals surface area contributed by atoms with E-state index < -0.39 is 11.6 Å². The molecule has 3 heteroatoms. The molecule has 24 heavy (non-hydrogen) atoms. The first-order valence-electron chi connectivity index (χ1n) is 9.77. The summed E-state index contributed by atoms with van der Waals surface area (Å²) in [5.74, 6) is -0.325. The monoisotopic (exact) mass is 336 g/mol. The number of aryl methyl sites for hydroxylation is 1. The van der Waals surface area contributed by atoms with Gasteiger partial charge in [-0.3, -0.25) is 0 Å². The summed E-state index contributed by atoms with van der Waals surface area (Å²) in [6, 6.07) is 1.89. The van der Waals surface area contributed by atoms with Crippen molar-refractivity contribution in [3.63, 3.8) is 0 Å². The second-order valence-electron chi connectivity index (χ2n) is 7.76. The number of halogens is 2. The molecule has 1 unspecified atom stereocenters. The Morgan fingerprint density at radius 2 is 1.79 bits per heavy atom. The van der Waals surface area contributed by atoms with Crippen LogP contribution in [0.3, 0.4) is 0 Å². The molecule has 2 aliphatic rings. The number of benzene rings is 1. The van der Waals surface area contributed by atoms with Gasteiger partial charge < -0.3 is 4.74 Å². The highest BCUT2D eigenvalue weighted by molar-refractivity contribution is 5.42. The second-order valence-corrected chi connectivity index (χ2v) is 7.76. The molecule has 1 aromatic rings. The zero-order valence-corrected chi connectivity index (χ0v) is 15.0. The molecule has 3 rings (SSSR count). The minimum absolute atomic E-state index is 0.0317. The Hall–Kier alpha value is -1.12. The normalized spacial score (nSPS) is 26.8. The third-order valence-corrected chi connectivity index (χ3v) is 5.91. The molecule has 1 fully saturated rings. The number of fused-ring (bicyclic) bond motifs is 1. The highest BCUT2D eigenvalue weighted by Gasteiger charge is 2.30. The van der Waals surface area contributed by atoms with E-state index in [1.165, 1.54) is 25.7 Å². The number of ether oxygens (including phenoxy) is 1. The molecule has 1 aliphatic carbocycles. The van der Waals surface area contributed by atoms with Crippen molar-refractivity contribution < 1.29 is 13.5 Å². The first kappa shape index (κ1) is 17.7. The van der Waals surface area contributed by atoms with Gasteiger partial charge in [-0.2, -0.15) is 4.39 Å². The van der Waals surface area contributed by atoms with E-state index in [0.717, 1.165) is 50.0 Å². The molecule has 0 radical (unpaired) electrons. The van der Waals surface area contributed by atoms with Crippen LogP contribution in [0.5, 0.6) is 5.75 Å². The van der Waals surface area contributed by atoms with Crippen LogP contribution in [-0.4, -0.2) is 6.10 Å². The van der Waals surface area contributed by atoms with Gasteiger partial charge in [0.25, 0.3) is 0 Å². The minimum atomic E-state index is -0.765. The number of hydrogen-bond donors (Lipinski definition) is 0. The minimum Gasteiger partial charge on any atom is -0.487 e. The van der Waals surface area contributed by atoms with Gasteiger partial charge in [0, 0.05) is 0 Å². The lowest BCUT2D eigenvalue weighted by Gasteiger charge is -2.31. The fraction of sp³-hybridized carbons (Fsp3) is 0.714. The summed E-state index contributed by atoms with van der Waals surface area (Å²) in [7, 11) is 0. The molecule has 0 spiro atoms. The van der Waals surface area contributed by atoms with Crippen LogP contribution in [0.25, 0.3) is 0 Å². The molecule has 0 N–H and O–H groups in total. The lowest BCUT2D eigenvalue weighted by molar-refractivity contribution is 0.180. The summed E-state index contributed by atoms with van der Waals surface area (Å²) in [6.45, 7) is 4.14. The summed E-state index contributed by atoms with van der Waals surface area (Å²) in [6.07, 6.45) is 11.1. The summed E-state index contributed by atoms with van der Waals surface area (Å²) < 4.78 is 34.6. The standard InChI is InChI=1S/C21H30F2O/c1-3-4-5-6-15-8-11-16(12-9-15)18-13-17-10-7-14(2)24-21(17)20(23)19(18)22/h13-16H,3-12H2,1-2H3. The molecule has 0 bridgehead atoms. The third kappa shape index (κ3) is 3.75. The largest absolute Gasteiger partial charge is 0.487 e. The number of unbranched alkanes of at least 4 members (excludes halogenated alkanes) is 2. The van der Waals surface area contributed by atoms with Crippen LogP contribution in [0, 0.1) is 17.6 Å². The van der Waals surface area contributed by atoms with Crippen molar-refractivity contribution in [1.29, 1.82) is 0 Å². The van der Waals surface area contributed by atoms with Gasteiger partial charge in [-0.05, 0) is 74.5 Å². The summed E-state index contributed by atoms with van der Waals surface area (Å²) in [5, 5.41) is 0. The van der Waals surface area contributed by atoms with E-state index in [0.29, 0.717) is 5.56 Å². The van der Waals surface area contributed by atoms with E-state index in [9.17, 15) is 8.78 Å². The van der Waals surface area contributed by atoms with Gasteiger partial charge in [-0.15, -0.1) is 0 Å². The smallest absolute Gasteiger partial charge is 0.201 e. The molecule has 1 atom stereocenters. The van der Waals surface area contributed by atoms with Crippen LogP contribution in [0.15, 0.2) is 6.07 Å². The van der Waals surface area contributed by atoms with Crippen LogP contribution in [-0.2, 0) is 6.42 Å². The highest BCUT2D eigenvalue weighted by Crippen LogP contribution is 2.42. The maximum atomic E-state index is 14.6. The molecular weight excluding hydrogens is 306 g/mol. The predicted molar refractivity (Wildman–Crippen MR) is 93.6 cm³/mol. The first-order valence-corrected chi connectivity index (χ1v) is 9.77. The van der Waals surface area contributed by atoms with Crippen LogP contribution in [0.1, 0.15) is 88.7 Å². The zero-order valence-electron chi connectivity index (χ0n) is 15.0. The van der Waals surface area contributed by atoms with Crippen molar-refractivity contribution in [2.45, 2.75) is 90.1 Å². The van der Waals surface area contributed by atoms with E-state index in [2.05, 4.69) is 6.92 Å². The SMILES string of the molecule is CCCCCC1CCC(c2cc3c(c(F)c2F)OC(C)CC3)CC1. The number of rotatable bonds is 5. The molecule has 0 aromatic heterocycles. The van der Waals surface area contributed by atoms with Crippen molar-refractivity contribution in [3.05, 3.63) is 28.8 Å². The fourth-order valence-electron chi connectivity index (χ4n) is 4.36. The van der Waals surface area contributed by atoms with Gasteiger partial charge in [0.2, 0.25) is 5.82 Å². The number of hydrogen-bond acceptors (Lipinski definition) is 1. The van der Waals surface area contributed by atoms with Crippen molar-refractivity contribution in [3.8, 4) is 5.75 Å². The molecule has 0 amide bonds. The molecule has 1 aliphatic heterocycles. The van der Waals surface area contributed by atoms with E-state index in [4.69, 9.17) is 4.74 Å². The molecule has 0 saturated heterocycles. The van der Waals surface area contributed by atoms with Crippen LogP contribution < -0.4 is 4.74 Å². The lowest BCUT2D eigenvalue weighted by atomic mass is 9.76. The average Bonchev–Trinajstić information content (AvgIpc) is 2.59. The van der Waals surface area contributed by atoms with Crippen molar-refractivity contribution in [2.75, 3.05) is 0 Å². The lowest BCUT2D eigenvalue weighted by Crippen LogP contribution is -2.22. The molecule has 1 heterocycles. The molecule has 1 saturated carbocycles. The van der Waals surface area contributed by atoms with Crippen LogP contribution >= 0.6 is 0 Å². The van der Waals surface area contributed by atoms with Gasteiger partial charge >= 0.3 is 0 Å². The first-order chi connectivity index (χ1) is 11.6.